The van der Waals surface area contributed by atoms with Crippen LogP contribution < -0.4 is 0 Å². The summed E-state index contributed by atoms with van der Waals surface area (Å²) in [5.74, 6) is -2.51. The van der Waals surface area contributed by atoms with E-state index in [0.29, 0.717) is 18.4 Å². The predicted molar refractivity (Wildman–Crippen MR) is 59.6 cm³/mol. The van der Waals surface area contributed by atoms with Gasteiger partial charge in [0.1, 0.15) is 0 Å². The number of carboxylic acids is 1. The molecule has 0 bridgehead atoms. The van der Waals surface area contributed by atoms with Crippen LogP contribution in [-0.4, -0.2) is 16.9 Å². The van der Waals surface area contributed by atoms with E-state index in [1.807, 2.05) is 0 Å². The third kappa shape index (κ3) is 2.77. The number of benzene rings is 1. The van der Waals surface area contributed by atoms with Crippen molar-refractivity contribution in [3.8, 4) is 0 Å². The highest BCUT2D eigenvalue weighted by molar-refractivity contribution is 6.33. The van der Waals surface area contributed by atoms with Crippen LogP contribution in [0.25, 0.3) is 0 Å². The van der Waals surface area contributed by atoms with Crippen LogP contribution in [0.4, 0.5) is 13.2 Å². The number of alkyl halides is 3. The number of halogens is 3. The van der Waals surface area contributed by atoms with Crippen molar-refractivity contribution in [3.05, 3.63) is 35.4 Å². The van der Waals surface area contributed by atoms with Gasteiger partial charge in [-0.2, -0.15) is 13.2 Å². The summed E-state index contributed by atoms with van der Waals surface area (Å²) in [5, 5.41) is 8.57. The summed E-state index contributed by atoms with van der Waals surface area (Å²) in [7, 11) is 0. The number of rotatable bonds is 4. The number of hydrogen-bond acceptors (Lipinski definition) is 2. The lowest BCUT2D eigenvalue weighted by Gasteiger charge is -2.16. The SMILES string of the molecule is O=C(O)C(=O)CC1(c2cccc(C(F)(F)F)c2)CC1. The highest BCUT2D eigenvalue weighted by atomic mass is 19.4. The van der Waals surface area contributed by atoms with Gasteiger partial charge in [0, 0.05) is 11.8 Å². The number of aliphatic carboxylic acids is 1. The van der Waals surface area contributed by atoms with E-state index in [-0.39, 0.29) is 6.42 Å². The summed E-state index contributed by atoms with van der Waals surface area (Å²) >= 11 is 0. The van der Waals surface area contributed by atoms with E-state index in [9.17, 15) is 22.8 Å². The van der Waals surface area contributed by atoms with Crippen molar-refractivity contribution in [1.29, 1.82) is 0 Å². The van der Waals surface area contributed by atoms with Gasteiger partial charge in [-0.3, -0.25) is 4.79 Å². The Morgan fingerprint density at radius 2 is 1.89 bits per heavy atom. The summed E-state index contributed by atoms with van der Waals surface area (Å²) in [6.45, 7) is 0. The van der Waals surface area contributed by atoms with Gasteiger partial charge in [0.25, 0.3) is 0 Å². The third-order valence-electron chi connectivity index (χ3n) is 3.39. The molecule has 0 aromatic heterocycles. The topological polar surface area (TPSA) is 54.4 Å². The lowest BCUT2D eigenvalue weighted by molar-refractivity contribution is -0.149. The molecule has 1 saturated carbocycles. The minimum Gasteiger partial charge on any atom is -0.476 e. The molecule has 0 saturated heterocycles. The molecule has 0 atom stereocenters. The van der Waals surface area contributed by atoms with Crippen molar-refractivity contribution in [1.82, 2.24) is 0 Å². The molecule has 0 unspecified atom stereocenters. The molecule has 2 rings (SSSR count). The lowest BCUT2D eigenvalue weighted by Crippen LogP contribution is -2.20. The molecule has 0 radical (unpaired) electrons. The van der Waals surface area contributed by atoms with E-state index in [1.54, 1.807) is 0 Å². The maximum atomic E-state index is 12.6. The molecule has 1 aromatic rings. The average molecular weight is 272 g/mol. The van der Waals surface area contributed by atoms with Crippen molar-refractivity contribution in [2.45, 2.75) is 30.9 Å². The summed E-state index contributed by atoms with van der Waals surface area (Å²) in [6.07, 6.45) is -3.62. The minimum atomic E-state index is -4.44. The number of carbonyl (C=O) groups is 2. The molecule has 102 valence electrons. The Morgan fingerprint density at radius 1 is 1.26 bits per heavy atom. The molecule has 1 N–H and O–H groups in total. The molecule has 6 heteroatoms. The first-order chi connectivity index (χ1) is 8.74. The summed E-state index contributed by atoms with van der Waals surface area (Å²) in [6, 6.07) is 4.75. The molecular formula is C13H11F3O3. The van der Waals surface area contributed by atoms with Crippen molar-refractivity contribution in [3.63, 3.8) is 0 Å². The van der Waals surface area contributed by atoms with E-state index in [2.05, 4.69) is 0 Å². The highest BCUT2D eigenvalue weighted by Crippen LogP contribution is 2.51. The van der Waals surface area contributed by atoms with Crippen molar-refractivity contribution < 1.29 is 27.9 Å². The molecule has 0 aliphatic heterocycles. The van der Waals surface area contributed by atoms with E-state index < -0.39 is 28.9 Å². The van der Waals surface area contributed by atoms with Crippen molar-refractivity contribution in [2.75, 3.05) is 0 Å². The monoisotopic (exact) mass is 272 g/mol. The Kier molecular flexibility index (Phi) is 3.12. The quantitative estimate of drug-likeness (QED) is 0.857. The van der Waals surface area contributed by atoms with Crippen LogP contribution in [0, 0.1) is 0 Å². The standard InChI is InChI=1S/C13H11F3O3/c14-13(15,16)9-3-1-2-8(6-9)12(4-5-12)7-10(17)11(18)19/h1-3,6H,4-5,7H2,(H,18,19). The fourth-order valence-electron chi connectivity index (χ4n) is 2.13. The molecule has 0 heterocycles. The fourth-order valence-corrected chi connectivity index (χ4v) is 2.13. The Bertz CT molecular complexity index is 530. The van der Waals surface area contributed by atoms with Crippen LogP contribution >= 0.6 is 0 Å². The second kappa shape index (κ2) is 4.36. The normalized spacial score (nSPS) is 17.0. The molecule has 3 nitrogen and oxygen atoms in total. The van der Waals surface area contributed by atoms with Gasteiger partial charge in [0.15, 0.2) is 0 Å². The van der Waals surface area contributed by atoms with E-state index >= 15 is 0 Å². The zero-order valence-electron chi connectivity index (χ0n) is 9.83. The van der Waals surface area contributed by atoms with Gasteiger partial charge in [-0.15, -0.1) is 0 Å². The predicted octanol–water partition coefficient (Wildman–Crippen LogP) is 2.78. The van der Waals surface area contributed by atoms with Crippen LogP contribution in [0.3, 0.4) is 0 Å². The smallest absolute Gasteiger partial charge is 0.416 e. The number of hydrogen-bond donors (Lipinski definition) is 1. The highest BCUT2D eigenvalue weighted by Gasteiger charge is 2.47. The summed E-state index contributed by atoms with van der Waals surface area (Å²) in [4.78, 5) is 21.8. The van der Waals surface area contributed by atoms with Crippen molar-refractivity contribution in [2.24, 2.45) is 0 Å². The van der Waals surface area contributed by atoms with Gasteiger partial charge in [-0.1, -0.05) is 18.2 Å². The summed E-state index contributed by atoms with van der Waals surface area (Å²) < 4.78 is 37.8. The maximum Gasteiger partial charge on any atom is 0.416 e. The molecule has 0 spiro atoms. The van der Waals surface area contributed by atoms with E-state index in [4.69, 9.17) is 5.11 Å². The Hall–Kier alpha value is -1.85. The van der Waals surface area contributed by atoms with Crippen LogP contribution in [-0.2, 0) is 21.2 Å². The van der Waals surface area contributed by atoms with Crippen LogP contribution in [0.2, 0.25) is 0 Å². The number of carbonyl (C=O) groups excluding carboxylic acids is 1. The van der Waals surface area contributed by atoms with Crippen LogP contribution in [0.5, 0.6) is 0 Å². The number of Topliss-reactive ketones (excluding diaryl/α,β-unsaturated/α-hetero) is 1. The average Bonchev–Trinajstić information content (AvgIpc) is 3.09. The Labute approximate surface area is 107 Å². The molecule has 1 aliphatic rings. The first-order valence-corrected chi connectivity index (χ1v) is 5.68. The third-order valence-corrected chi connectivity index (χ3v) is 3.39. The minimum absolute atomic E-state index is 0.246. The largest absolute Gasteiger partial charge is 0.476 e. The van der Waals surface area contributed by atoms with E-state index in [0.717, 1.165) is 12.1 Å². The molecule has 0 amide bonds. The second-order valence-electron chi connectivity index (χ2n) is 4.76. The number of ketones is 1. The van der Waals surface area contributed by atoms with Crippen LogP contribution in [0.15, 0.2) is 24.3 Å². The lowest BCUT2D eigenvalue weighted by atomic mass is 9.89. The second-order valence-corrected chi connectivity index (χ2v) is 4.76. The van der Waals surface area contributed by atoms with Gasteiger partial charge in [0.2, 0.25) is 5.78 Å². The molecular weight excluding hydrogens is 261 g/mol. The Morgan fingerprint density at radius 3 is 2.37 bits per heavy atom. The first-order valence-electron chi connectivity index (χ1n) is 5.68. The molecule has 19 heavy (non-hydrogen) atoms. The number of carboxylic acid groups (broad SMARTS) is 1. The zero-order valence-corrected chi connectivity index (χ0v) is 9.83. The van der Waals surface area contributed by atoms with Crippen LogP contribution in [0.1, 0.15) is 30.4 Å². The maximum absolute atomic E-state index is 12.6. The first kappa shape index (κ1) is 13.6. The van der Waals surface area contributed by atoms with E-state index in [1.165, 1.54) is 12.1 Å². The van der Waals surface area contributed by atoms with Gasteiger partial charge >= 0.3 is 12.1 Å². The van der Waals surface area contributed by atoms with Gasteiger partial charge < -0.3 is 5.11 Å². The Balaban J connectivity index is 2.27. The molecule has 1 fully saturated rings. The summed E-state index contributed by atoms with van der Waals surface area (Å²) in [5.41, 5.74) is -1.12. The fraction of sp³-hybridized carbons (Fsp3) is 0.385. The zero-order chi connectivity index (χ0) is 14.3. The van der Waals surface area contributed by atoms with Crippen molar-refractivity contribution >= 4 is 11.8 Å². The molecule has 1 aromatic carbocycles. The van der Waals surface area contributed by atoms with Gasteiger partial charge in [-0.25, -0.2) is 4.79 Å². The van der Waals surface area contributed by atoms with Gasteiger partial charge in [-0.05, 0) is 24.5 Å². The molecule has 1 aliphatic carbocycles. The van der Waals surface area contributed by atoms with Gasteiger partial charge in [0.05, 0.1) is 5.56 Å².